The molecule has 0 aliphatic heterocycles. The molecule has 0 bridgehead atoms. The quantitative estimate of drug-likeness (QED) is 0.727. The van der Waals surface area contributed by atoms with Crippen molar-refractivity contribution in [1.29, 1.82) is 0 Å². The molecule has 6 nitrogen and oxygen atoms in total. The van der Waals surface area contributed by atoms with Gasteiger partial charge in [0.15, 0.2) is 12.1 Å². The average Bonchev–Trinajstić information content (AvgIpc) is 2.90. The van der Waals surface area contributed by atoms with E-state index in [9.17, 15) is 9.59 Å². The highest BCUT2D eigenvalue weighted by molar-refractivity contribution is 5.74. The number of aromatic nitrogens is 4. The van der Waals surface area contributed by atoms with Gasteiger partial charge in [-0.05, 0) is 18.2 Å². The number of carbonyl (C=O) groups is 1. The van der Waals surface area contributed by atoms with E-state index < -0.39 is 0 Å². The maximum Gasteiger partial charge on any atom is 0.280 e. The first kappa shape index (κ1) is 12.0. The Kier molecular flexibility index (Phi) is 2.96. The Balaban J connectivity index is 2.06. The van der Waals surface area contributed by atoms with Crippen LogP contribution < -0.4 is 5.56 Å². The number of nitrogens with one attached hydrogen (secondary N) is 1. The van der Waals surface area contributed by atoms with Crippen molar-refractivity contribution in [2.45, 2.75) is 0 Å². The molecule has 0 unspecified atom stereocenters. The highest BCUT2D eigenvalue weighted by Gasteiger charge is 2.10. The van der Waals surface area contributed by atoms with Crippen LogP contribution in [-0.4, -0.2) is 26.0 Å². The Morgan fingerprint density at radius 1 is 1.20 bits per heavy atom. The van der Waals surface area contributed by atoms with Gasteiger partial charge in [0, 0.05) is 35.9 Å². The van der Waals surface area contributed by atoms with Crippen molar-refractivity contribution in [2.24, 2.45) is 0 Å². The number of hydrogen-bond acceptors (Lipinski definition) is 4. The highest BCUT2D eigenvalue weighted by Crippen LogP contribution is 2.13. The average molecular weight is 266 g/mol. The summed E-state index contributed by atoms with van der Waals surface area (Å²) in [6.07, 6.45) is 7.00. The fraction of sp³-hybridized carbons (Fsp3) is 0. The molecule has 0 aromatic carbocycles. The molecule has 0 saturated carbocycles. The Morgan fingerprint density at radius 3 is 2.75 bits per heavy atom. The van der Waals surface area contributed by atoms with Gasteiger partial charge in [-0.25, -0.2) is 9.67 Å². The van der Waals surface area contributed by atoms with Crippen LogP contribution >= 0.6 is 0 Å². The summed E-state index contributed by atoms with van der Waals surface area (Å²) in [5.74, 6) is 0.427. The zero-order valence-electron chi connectivity index (χ0n) is 10.4. The van der Waals surface area contributed by atoms with Gasteiger partial charge in [0.1, 0.15) is 0 Å². The van der Waals surface area contributed by atoms with Crippen LogP contribution in [-0.2, 0) is 0 Å². The van der Waals surface area contributed by atoms with E-state index in [4.69, 9.17) is 0 Å². The zero-order valence-corrected chi connectivity index (χ0v) is 10.4. The van der Waals surface area contributed by atoms with Gasteiger partial charge in [0.25, 0.3) is 5.56 Å². The third-order valence-corrected chi connectivity index (χ3v) is 2.88. The molecule has 0 aliphatic carbocycles. The minimum Gasteiger partial charge on any atom is -0.298 e. The summed E-state index contributed by atoms with van der Waals surface area (Å²) in [4.78, 5) is 31.0. The standard InChI is InChI=1S/C14H10N4O2/c19-9-10-3-4-13(16-6-10)18-14(20)12(8-17-18)11-2-1-5-15-7-11/h1-9,17H. The molecule has 20 heavy (non-hydrogen) atoms. The van der Waals surface area contributed by atoms with Crippen molar-refractivity contribution in [3.8, 4) is 16.9 Å². The lowest BCUT2D eigenvalue weighted by Crippen LogP contribution is -2.16. The summed E-state index contributed by atoms with van der Waals surface area (Å²) in [5.41, 5.74) is 1.49. The van der Waals surface area contributed by atoms with E-state index in [-0.39, 0.29) is 5.56 Å². The Bertz CT molecular complexity index is 788. The van der Waals surface area contributed by atoms with Crippen LogP contribution in [0.4, 0.5) is 0 Å². The Hall–Kier alpha value is -3.02. The first-order valence-corrected chi connectivity index (χ1v) is 5.92. The molecule has 3 aromatic heterocycles. The van der Waals surface area contributed by atoms with Crippen LogP contribution in [0.1, 0.15) is 10.4 Å². The maximum atomic E-state index is 12.3. The van der Waals surface area contributed by atoms with Crippen molar-refractivity contribution in [1.82, 2.24) is 19.7 Å². The van der Waals surface area contributed by atoms with Gasteiger partial charge in [-0.3, -0.25) is 19.7 Å². The number of rotatable bonds is 3. The molecule has 0 aliphatic rings. The van der Waals surface area contributed by atoms with Crippen LogP contribution in [0.25, 0.3) is 16.9 Å². The van der Waals surface area contributed by atoms with Gasteiger partial charge in [0.05, 0.1) is 5.56 Å². The second-order valence-corrected chi connectivity index (χ2v) is 4.14. The predicted molar refractivity (Wildman–Crippen MR) is 72.8 cm³/mol. The smallest absolute Gasteiger partial charge is 0.280 e. The maximum absolute atomic E-state index is 12.3. The molecule has 0 amide bonds. The van der Waals surface area contributed by atoms with Crippen LogP contribution in [0.15, 0.2) is 53.8 Å². The van der Waals surface area contributed by atoms with Crippen molar-refractivity contribution in [3.63, 3.8) is 0 Å². The lowest BCUT2D eigenvalue weighted by Gasteiger charge is -1.99. The van der Waals surface area contributed by atoms with Crippen LogP contribution in [0, 0.1) is 0 Å². The van der Waals surface area contributed by atoms with E-state index in [1.807, 2.05) is 6.07 Å². The van der Waals surface area contributed by atoms with Gasteiger partial charge in [0.2, 0.25) is 0 Å². The molecule has 1 N–H and O–H groups in total. The summed E-state index contributed by atoms with van der Waals surface area (Å²) in [6.45, 7) is 0. The number of H-pyrrole nitrogens is 1. The lowest BCUT2D eigenvalue weighted by molar-refractivity contribution is 0.112. The van der Waals surface area contributed by atoms with Crippen molar-refractivity contribution < 1.29 is 4.79 Å². The molecule has 3 heterocycles. The number of nitrogens with zero attached hydrogens (tertiary/aromatic N) is 3. The summed E-state index contributed by atoms with van der Waals surface area (Å²) in [6, 6.07) is 6.79. The zero-order chi connectivity index (χ0) is 13.9. The third-order valence-electron chi connectivity index (χ3n) is 2.88. The van der Waals surface area contributed by atoms with Crippen molar-refractivity contribution in [3.05, 3.63) is 65.0 Å². The summed E-state index contributed by atoms with van der Waals surface area (Å²) < 4.78 is 1.32. The summed E-state index contributed by atoms with van der Waals surface area (Å²) in [5, 5.41) is 2.85. The lowest BCUT2D eigenvalue weighted by atomic mass is 10.2. The molecule has 3 aromatic rings. The normalized spacial score (nSPS) is 10.4. The van der Waals surface area contributed by atoms with E-state index in [0.717, 1.165) is 5.56 Å². The van der Waals surface area contributed by atoms with Gasteiger partial charge >= 0.3 is 0 Å². The SMILES string of the molecule is O=Cc1ccc(-n2[nH]cc(-c3cccnc3)c2=O)nc1. The highest BCUT2D eigenvalue weighted by atomic mass is 16.1. The molecular weight excluding hydrogens is 256 g/mol. The van der Waals surface area contributed by atoms with E-state index >= 15 is 0 Å². The largest absolute Gasteiger partial charge is 0.298 e. The Morgan fingerprint density at radius 2 is 2.10 bits per heavy atom. The van der Waals surface area contributed by atoms with Crippen LogP contribution in [0.3, 0.4) is 0 Å². The number of aromatic amines is 1. The summed E-state index contributed by atoms with van der Waals surface area (Å²) in [7, 11) is 0. The Labute approximate surface area is 113 Å². The van der Waals surface area contributed by atoms with Gasteiger partial charge in [-0.2, -0.15) is 0 Å². The number of pyridine rings is 2. The molecular formula is C14H10N4O2. The number of hydrogen-bond donors (Lipinski definition) is 1. The third kappa shape index (κ3) is 2.03. The van der Waals surface area contributed by atoms with Gasteiger partial charge < -0.3 is 0 Å². The van der Waals surface area contributed by atoms with Gasteiger partial charge in [-0.15, -0.1) is 0 Å². The minimum atomic E-state index is -0.218. The van der Waals surface area contributed by atoms with E-state index in [1.54, 1.807) is 36.8 Å². The van der Waals surface area contributed by atoms with Crippen molar-refractivity contribution in [2.75, 3.05) is 0 Å². The van der Waals surface area contributed by atoms with Crippen molar-refractivity contribution >= 4 is 6.29 Å². The number of aldehydes is 1. The van der Waals surface area contributed by atoms with Crippen LogP contribution in [0.2, 0.25) is 0 Å². The fourth-order valence-corrected chi connectivity index (χ4v) is 1.87. The predicted octanol–water partition coefficient (Wildman–Crippen LogP) is 1.44. The second-order valence-electron chi connectivity index (χ2n) is 4.14. The number of carbonyl (C=O) groups excluding carboxylic acids is 1. The topological polar surface area (TPSA) is 80.6 Å². The molecule has 98 valence electrons. The van der Waals surface area contributed by atoms with Crippen LogP contribution in [0.5, 0.6) is 0 Å². The molecule has 6 heteroatoms. The molecule has 0 fully saturated rings. The molecule has 3 rings (SSSR count). The molecule has 0 radical (unpaired) electrons. The molecule has 0 spiro atoms. The first-order chi connectivity index (χ1) is 9.79. The van der Waals surface area contributed by atoms with E-state index in [2.05, 4.69) is 15.1 Å². The molecule has 0 atom stereocenters. The second kappa shape index (κ2) is 4.93. The van der Waals surface area contributed by atoms with E-state index in [1.165, 1.54) is 10.9 Å². The molecule has 0 saturated heterocycles. The minimum absolute atomic E-state index is 0.218. The monoisotopic (exact) mass is 266 g/mol. The van der Waals surface area contributed by atoms with Gasteiger partial charge in [-0.1, -0.05) is 6.07 Å². The van der Waals surface area contributed by atoms with E-state index in [0.29, 0.717) is 23.2 Å². The summed E-state index contributed by atoms with van der Waals surface area (Å²) >= 11 is 0. The fourth-order valence-electron chi connectivity index (χ4n) is 1.87. The first-order valence-electron chi connectivity index (χ1n) is 5.92.